The molecule has 2 aromatic rings. The zero-order chi connectivity index (χ0) is 12.3. The normalized spacial score (nSPS) is 10.5. The Hall–Kier alpha value is -1.97. The maximum atomic E-state index is 5.76. The summed E-state index contributed by atoms with van der Waals surface area (Å²) in [6.07, 6.45) is 2.87. The molecule has 0 aliphatic heterocycles. The van der Waals surface area contributed by atoms with Crippen LogP contribution in [0.5, 0.6) is 0 Å². The molecular weight excluding hydrogens is 212 g/mol. The van der Waals surface area contributed by atoms with Gasteiger partial charge in [0.1, 0.15) is 0 Å². The number of nitrogens with zero attached hydrogens (tertiary/aromatic N) is 2. The Kier molecular flexibility index (Phi) is 3.32. The zero-order valence-corrected chi connectivity index (χ0v) is 10.3. The summed E-state index contributed by atoms with van der Waals surface area (Å²) >= 11 is 0. The first kappa shape index (κ1) is 11.5. The predicted molar refractivity (Wildman–Crippen MR) is 71.0 cm³/mol. The molecule has 0 atom stereocenters. The van der Waals surface area contributed by atoms with Gasteiger partial charge in [-0.15, -0.1) is 0 Å². The Balaban J connectivity index is 1.91. The molecule has 0 amide bonds. The summed E-state index contributed by atoms with van der Waals surface area (Å²) in [7, 11) is 1.93. The fourth-order valence-corrected chi connectivity index (χ4v) is 1.75. The molecule has 1 aromatic heterocycles. The van der Waals surface area contributed by atoms with Crippen LogP contribution in [0.4, 0.5) is 11.4 Å². The second-order valence-corrected chi connectivity index (χ2v) is 4.23. The van der Waals surface area contributed by atoms with E-state index in [1.54, 1.807) is 0 Å². The van der Waals surface area contributed by atoms with Crippen LogP contribution in [0.25, 0.3) is 0 Å². The van der Waals surface area contributed by atoms with Gasteiger partial charge in [-0.1, -0.05) is 6.07 Å². The van der Waals surface area contributed by atoms with Crippen molar-refractivity contribution < 1.29 is 0 Å². The van der Waals surface area contributed by atoms with Crippen molar-refractivity contribution in [3.63, 3.8) is 0 Å². The van der Waals surface area contributed by atoms with Crippen molar-refractivity contribution in [1.82, 2.24) is 9.78 Å². The maximum absolute atomic E-state index is 5.76. The lowest BCUT2D eigenvalue weighted by Gasteiger charge is -2.09. The molecule has 0 spiro atoms. The zero-order valence-electron chi connectivity index (χ0n) is 10.3. The molecule has 17 heavy (non-hydrogen) atoms. The summed E-state index contributed by atoms with van der Waals surface area (Å²) in [5.41, 5.74) is 9.95. The van der Waals surface area contributed by atoms with Crippen molar-refractivity contribution in [2.24, 2.45) is 7.05 Å². The highest BCUT2D eigenvalue weighted by Crippen LogP contribution is 2.17. The van der Waals surface area contributed by atoms with Gasteiger partial charge in [0, 0.05) is 37.6 Å². The molecule has 0 radical (unpaired) electrons. The van der Waals surface area contributed by atoms with E-state index in [0.717, 1.165) is 30.0 Å². The van der Waals surface area contributed by atoms with Crippen LogP contribution in [0.15, 0.2) is 30.5 Å². The van der Waals surface area contributed by atoms with Crippen molar-refractivity contribution in [3.8, 4) is 0 Å². The summed E-state index contributed by atoms with van der Waals surface area (Å²) in [5.74, 6) is 0. The Morgan fingerprint density at radius 3 is 2.88 bits per heavy atom. The topological polar surface area (TPSA) is 55.9 Å². The van der Waals surface area contributed by atoms with Crippen molar-refractivity contribution in [2.45, 2.75) is 13.3 Å². The van der Waals surface area contributed by atoms with Gasteiger partial charge in [-0.2, -0.15) is 5.10 Å². The molecule has 0 saturated heterocycles. The van der Waals surface area contributed by atoms with Crippen LogP contribution in [-0.4, -0.2) is 16.3 Å². The van der Waals surface area contributed by atoms with Gasteiger partial charge < -0.3 is 11.1 Å². The summed E-state index contributed by atoms with van der Waals surface area (Å²) in [6, 6.07) is 7.94. The van der Waals surface area contributed by atoms with E-state index in [0.29, 0.717) is 0 Å². The first-order valence-electron chi connectivity index (χ1n) is 5.73. The number of aryl methyl sites for hydroxylation is 2. The molecule has 90 valence electrons. The Bertz CT molecular complexity index is 502. The Labute approximate surface area is 101 Å². The smallest absolute Gasteiger partial charge is 0.0642 e. The van der Waals surface area contributed by atoms with E-state index in [2.05, 4.69) is 17.3 Å². The number of aromatic nitrogens is 2. The fourth-order valence-electron chi connectivity index (χ4n) is 1.75. The van der Waals surface area contributed by atoms with Crippen molar-refractivity contribution in [1.29, 1.82) is 0 Å². The molecule has 2 rings (SSSR count). The Morgan fingerprint density at radius 1 is 1.35 bits per heavy atom. The minimum absolute atomic E-state index is 0.788. The van der Waals surface area contributed by atoms with E-state index in [9.17, 15) is 0 Å². The third kappa shape index (κ3) is 3.00. The average molecular weight is 230 g/mol. The van der Waals surface area contributed by atoms with E-state index >= 15 is 0 Å². The molecule has 0 unspecified atom stereocenters. The van der Waals surface area contributed by atoms with Crippen LogP contribution in [-0.2, 0) is 13.5 Å². The van der Waals surface area contributed by atoms with Gasteiger partial charge in [0.05, 0.1) is 5.69 Å². The fraction of sp³-hybridized carbons (Fsp3) is 0.308. The molecule has 1 aromatic carbocycles. The number of hydrogen-bond acceptors (Lipinski definition) is 3. The van der Waals surface area contributed by atoms with Gasteiger partial charge in [0.2, 0.25) is 0 Å². The molecule has 0 bridgehead atoms. The minimum atomic E-state index is 0.788. The van der Waals surface area contributed by atoms with E-state index in [-0.39, 0.29) is 0 Å². The van der Waals surface area contributed by atoms with Crippen molar-refractivity contribution >= 4 is 11.4 Å². The third-order valence-electron chi connectivity index (χ3n) is 2.73. The van der Waals surface area contributed by atoms with Gasteiger partial charge in [0.15, 0.2) is 0 Å². The van der Waals surface area contributed by atoms with Crippen LogP contribution < -0.4 is 11.1 Å². The number of hydrogen-bond donors (Lipinski definition) is 2. The van der Waals surface area contributed by atoms with Gasteiger partial charge >= 0.3 is 0 Å². The van der Waals surface area contributed by atoms with Gasteiger partial charge in [0.25, 0.3) is 0 Å². The lowest BCUT2D eigenvalue weighted by atomic mass is 10.2. The van der Waals surface area contributed by atoms with Gasteiger partial charge in [-0.25, -0.2) is 0 Å². The van der Waals surface area contributed by atoms with E-state index < -0.39 is 0 Å². The highest BCUT2D eigenvalue weighted by Gasteiger charge is 2.00. The lowest BCUT2D eigenvalue weighted by molar-refractivity contribution is 0.742. The van der Waals surface area contributed by atoms with E-state index in [4.69, 9.17) is 5.73 Å². The van der Waals surface area contributed by atoms with Gasteiger partial charge in [-0.05, 0) is 30.7 Å². The summed E-state index contributed by atoms with van der Waals surface area (Å²) in [5, 5.41) is 7.72. The van der Waals surface area contributed by atoms with E-state index in [1.807, 2.05) is 42.2 Å². The molecule has 0 saturated carbocycles. The van der Waals surface area contributed by atoms with Crippen molar-refractivity contribution in [2.75, 3.05) is 17.6 Å². The first-order valence-corrected chi connectivity index (χ1v) is 5.73. The molecule has 3 N–H and O–H groups in total. The molecular formula is C13H18N4. The highest BCUT2D eigenvalue weighted by atomic mass is 15.2. The Morgan fingerprint density at radius 2 is 2.18 bits per heavy atom. The highest BCUT2D eigenvalue weighted by molar-refractivity contribution is 5.59. The molecule has 1 heterocycles. The van der Waals surface area contributed by atoms with Crippen LogP contribution in [0.2, 0.25) is 0 Å². The molecule has 0 fully saturated rings. The quantitative estimate of drug-likeness (QED) is 0.789. The summed E-state index contributed by atoms with van der Waals surface area (Å²) in [4.78, 5) is 0. The van der Waals surface area contributed by atoms with Crippen LogP contribution in [0.1, 0.15) is 11.3 Å². The summed E-state index contributed by atoms with van der Waals surface area (Å²) in [6.45, 7) is 2.93. The number of anilines is 2. The second kappa shape index (κ2) is 4.91. The van der Waals surface area contributed by atoms with E-state index in [1.165, 1.54) is 5.56 Å². The van der Waals surface area contributed by atoms with Crippen LogP contribution in [0, 0.1) is 6.92 Å². The number of nitrogens with one attached hydrogen (secondary N) is 1. The second-order valence-electron chi connectivity index (χ2n) is 4.23. The summed E-state index contributed by atoms with van der Waals surface area (Å²) < 4.78 is 1.82. The number of benzene rings is 1. The largest absolute Gasteiger partial charge is 0.399 e. The molecule has 4 nitrogen and oxygen atoms in total. The standard InChI is InChI=1S/C13H18N4/c1-10-3-4-11(14)9-13(10)15-7-5-12-6-8-17(2)16-12/h3-4,6,8-9,15H,5,7,14H2,1-2H3. The molecule has 0 aliphatic rings. The monoisotopic (exact) mass is 230 g/mol. The molecule has 0 aliphatic carbocycles. The van der Waals surface area contributed by atoms with Crippen LogP contribution in [0.3, 0.4) is 0 Å². The predicted octanol–water partition coefficient (Wildman–Crippen LogP) is 1.97. The van der Waals surface area contributed by atoms with Gasteiger partial charge in [-0.3, -0.25) is 4.68 Å². The number of rotatable bonds is 4. The third-order valence-corrected chi connectivity index (χ3v) is 2.73. The average Bonchev–Trinajstić information content (AvgIpc) is 2.69. The lowest BCUT2D eigenvalue weighted by Crippen LogP contribution is -2.07. The minimum Gasteiger partial charge on any atom is -0.399 e. The maximum Gasteiger partial charge on any atom is 0.0642 e. The number of nitrogens with two attached hydrogens (primary N) is 1. The van der Waals surface area contributed by atoms with Crippen molar-refractivity contribution in [3.05, 3.63) is 41.7 Å². The molecule has 4 heteroatoms. The first-order chi connectivity index (χ1) is 8.15. The van der Waals surface area contributed by atoms with Crippen LogP contribution >= 0.6 is 0 Å². The number of nitrogen functional groups attached to an aromatic ring is 1. The SMILES string of the molecule is Cc1ccc(N)cc1NCCc1ccn(C)n1.